The summed E-state index contributed by atoms with van der Waals surface area (Å²) in [5, 5.41) is 12.9. The highest BCUT2D eigenvalue weighted by Crippen LogP contribution is 2.25. The van der Waals surface area contributed by atoms with Gasteiger partial charge in [0.05, 0.1) is 5.52 Å². The van der Waals surface area contributed by atoms with E-state index in [-0.39, 0.29) is 12.3 Å². The molecule has 1 amide bonds. The summed E-state index contributed by atoms with van der Waals surface area (Å²) < 4.78 is 0. The van der Waals surface area contributed by atoms with Crippen LogP contribution in [0.1, 0.15) is 12.5 Å². The van der Waals surface area contributed by atoms with Gasteiger partial charge in [0.2, 0.25) is 5.91 Å². The Morgan fingerprint density at radius 1 is 1.40 bits per heavy atom. The topological polar surface area (TPSA) is 79.3 Å². The smallest absolute Gasteiger partial charge is 0.326 e. The number of nitrogens with one attached hydrogen (secondary N) is 1. The molecule has 0 radical (unpaired) electrons. The van der Waals surface area contributed by atoms with Gasteiger partial charge in [-0.15, -0.1) is 0 Å². The van der Waals surface area contributed by atoms with Crippen molar-refractivity contribution < 1.29 is 14.7 Å². The number of hydrogen-bond acceptors (Lipinski definition) is 3. The molecule has 1 aromatic heterocycles. The zero-order chi connectivity index (χ0) is 14.7. The Balaban J connectivity index is 2.40. The van der Waals surface area contributed by atoms with E-state index >= 15 is 0 Å². The number of aliphatic carboxylic acids is 1. The second-order valence-corrected chi connectivity index (χ2v) is 4.81. The minimum absolute atomic E-state index is 0.152. The molecule has 2 aromatic rings. The third-order valence-corrected chi connectivity index (χ3v) is 3.23. The lowest BCUT2D eigenvalue weighted by Crippen LogP contribution is -2.41. The summed E-state index contributed by atoms with van der Waals surface area (Å²) in [6, 6.07) is 6.03. The molecule has 0 aliphatic carbocycles. The Hall–Kier alpha value is -2.14. The first-order valence-electron chi connectivity index (χ1n) is 6.01. The minimum Gasteiger partial charge on any atom is -0.480 e. The van der Waals surface area contributed by atoms with Gasteiger partial charge >= 0.3 is 5.97 Å². The Labute approximate surface area is 120 Å². The van der Waals surface area contributed by atoms with E-state index in [4.69, 9.17) is 16.7 Å². The zero-order valence-corrected chi connectivity index (χ0v) is 11.5. The number of carboxylic acids is 1. The van der Waals surface area contributed by atoms with E-state index in [0.29, 0.717) is 10.5 Å². The molecule has 0 saturated heterocycles. The number of aromatic nitrogens is 1. The van der Waals surface area contributed by atoms with Crippen LogP contribution in [-0.4, -0.2) is 28.0 Å². The Morgan fingerprint density at radius 2 is 2.15 bits per heavy atom. The predicted octanol–water partition coefficient (Wildman–Crippen LogP) is 2.02. The predicted molar refractivity (Wildman–Crippen MR) is 75.7 cm³/mol. The van der Waals surface area contributed by atoms with Crippen LogP contribution in [0.4, 0.5) is 0 Å². The largest absolute Gasteiger partial charge is 0.480 e. The van der Waals surface area contributed by atoms with Crippen LogP contribution in [0.25, 0.3) is 10.9 Å². The van der Waals surface area contributed by atoms with Crippen LogP contribution in [0.5, 0.6) is 0 Å². The Kier molecular flexibility index (Phi) is 4.20. The van der Waals surface area contributed by atoms with Crippen molar-refractivity contribution in [3.8, 4) is 0 Å². The molecule has 1 heterocycles. The number of rotatable bonds is 4. The molecule has 0 bridgehead atoms. The maximum atomic E-state index is 11.2. The van der Waals surface area contributed by atoms with E-state index in [2.05, 4.69) is 10.3 Å². The standard InChI is InChI=1S/C14H13ClN2O3/c1-8(18)17-12(14(19)20)7-9-4-5-11(15)10-3-2-6-16-13(9)10/h2-6,12H,7H2,1H3,(H,17,18)(H,19,20). The first-order valence-corrected chi connectivity index (χ1v) is 6.39. The second-order valence-electron chi connectivity index (χ2n) is 4.40. The number of hydrogen-bond donors (Lipinski definition) is 2. The van der Waals surface area contributed by atoms with Crippen molar-refractivity contribution in [3.05, 3.63) is 41.0 Å². The van der Waals surface area contributed by atoms with Gasteiger partial charge in [-0.25, -0.2) is 4.79 Å². The van der Waals surface area contributed by atoms with Gasteiger partial charge in [0.1, 0.15) is 6.04 Å². The maximum Gasteiger partial charge on any atom is 0.326 e. The van der Waals surface area contributed by atoms with Gasteiger partial charge in [-0.3, -0.25) is 9.78 Å². The lowest BCUT2D eigenvalue weighted by atomic mass is 10.0. The molecular weight excluding hydrogens is 280 g/mol. The molecule has 20 heavy (non-hydrogen) atoms. The zero-order valence-electron chi connectivity index (χ0n) is 10.8. The number of halogens is 1. The van der Waals surface area contributed by atoms with Crippen LogP contribution in [0.2, 0.25) is 5.02 Å². The van der Waals surface area contributed by atoms with Gasteiger partial charge < -0.3 is 10.4 Å². The van der Waals surface area contributed by atoms with Crippen LogP contribution in [0.15, 0.2) is 30.5 Å². The van der Waals surface area contributed by atoms with E-state index in [1.165, 1.54) is 6.92 Å². The van der Waals surface area contributed by atoms with E-state index in [1.54, 1.807) is 24.4 Å². The normalized spacial score (nSPS) is 12.1. The summed E-state index contributed by atoms with van der Waals surface area (Å²) in [6.45, 7) is 1.29. The molecular formula is C14H13ClN2O3. The van der Waals surface area contributed by atoms with E-state index in [0.717, 1.165) is 10.9 Å². The Bertz CT molecular complexity index is 673. The molecule has 1 atom stereocenters. The van der Waals surface area contributed by atoms with E-state index in [9.17, 15) is 9.59 Å². The highest BCUT2D eigenvalue weighted by atomic mass is 35.5. The average Bonchev–Trinajstić information content (AvgIpc) is 2.40. The van der Waals surface area contributed by atoms with Crippen LogP contribution >= 0.6 is 11.6 Å². The summed E-state index contributed by atoms with van der Waals surface area (Å²) in [6.07, 6.45) is 1.77. The quantitative estimate of drug-likeness (QED) is 0.903. The van der Waals surface area contributed by atoms with Gasteiger partial charge in [-0.05, 0) is 23.8 Å². The summed E-state index contributed by atoms with van der Waals surface area (Å²) in [5.74, 6) is -1.47. The number of fused-ring (bicyclic) bond motifs is 1. The van der Waals surface area contributed by atoms with Crippen molar-refractivity contribution in [1.82, 2.24) is 10.3 Å². The van der Waals surface area contributed by atoms with Crippen molar-refractivity contribution in [1.29, 1.82) is 0 Å². The molecule has 6 heteroatoms. The van der Waals surface area contributed by atoms with Crippen LogP contribution < -0.4 is 5.32 Å². The van der Waals surface area contributed by atoms with Crippen LogP contribution in [0, 0.1) is 0 Å². The van der Waals surface area contributed by atoms with Crippen molar-refractivity contribution in [2.75, 3.05) is 0 Å². The number of carbonyl (C=O) groups excluding carboxylic acids is 1. The van der Waals surface area contributed by atoms with E-state index in [1.807, 2.05) is 6.07 Å². The fourth-order valence-corrected chi connectivity index (χ4v) is 2.24. The number of carboxylic acid groups (broad SMARTS) is 1. The van der Waals surface area contributed by atoms with E-state index < -0.39 is 12.0 Å². The molecule has 1 aromatic carbocycles. The molecule has 2 rings (SSSR count). The maximum absolute atomic E-state index is 11.2. The Morgan fingerprint density at radius 3 is 2.80 bits per heavy atom. The summed E-state index contributed by atoms with van der Waals surface area (Å²) in [7, 11) is 0. The number of amides is 1. The van der Waals surface area contributed by atoms with Gasteiger partial charge in [0, 0.05) is 30.0 Å². The van der Waals surface area contributed by atoms with Crippen LogP contribution in [0.3, 0.4) is 0 Å². The highest BCUT2D eigenvalue weighted by Gasteiger charge is 2.20. The van der Waals surface area contributed by atoms with Crippen molar-refractivity contribution in [2.45, 2.75) is 19.4 Å². The molecule has 2 N–H and O–H groups in total. The van der Waals surface area contributed by atoms with Gasteiger partial charge in [-0.2, -0.15) is 0 Å². The molecule has 0 spiro atoms. The fraction of sp³-hybridized carbons (Fsp3) is 0.214. The number of carbonyl (C=O) groups is 2. The summed E-state index contributed by atoms with van der Waals surface area (Å²) >= 11 is 6.09. The first kappa shape index (κ1) is 14.3. The third kappa shape index (κ3) is 3.05. The highest BCUT2D eigenvalue weighted by molar-refractivity contribution is 6.35. The molecule has 1 unspecified atom stereocenters. The molecule has 104 valence electrons. The first-order chi connectivity index (χ1) is 9.49. The molecule has 0 fully saturated rings. The van der Waals surface area contributed by atoms with Crippen molar-refractivity contribution in [3.63, 3.8) is 0 Å². The molecule has 5 nitrogen and oxygen atoms in total. The molecule has 0 aliphatic heterocycles. The monoisotopic (exact) mass is 292 g/mol. The molecule has 0 aliphatic rings. The average molecular weight is 293 g/mol. The fourth-order valence-electron chi connectivity index (χ4n) is 2.03. The van der Waals surface area contributed by atoms with Crippen molar-refractivity contribution >= 4 is 34.4 Å². The summed E-state index contributed by atoms with van der Waals surface area (Å²) in [5.41, 5.74) is 1.38. The SMILES string of the molecule is CC(=O)NC(Cc1ccc(Cl)c2cccnc12)C(=O)O. The lowest BCUT2D eigenvalue weighted by molar-refractivity contribution is -0.141. The number of pyridine rings is 1. The number of benzene rings is 1. The third-order valence-electron chi connectivity index (χ3n) is 2.90. The van der Waals surface area contributed by atoms with Gasteiger partial charge in [0.25, 0.3) is 0 Å². The van der Waals surface area contributed by atoms with Crippen LogP contribution in [-0.2, 0) is 16.0 Å². The minimum atomic E-state index is -1.08. The lowest BCUT2D eigenvalue weighted by Gasteiger charge is -2.14. The van der Waals surface area contributed by atoms with Gasteiger partial charge in [0.15, 0.2) is 0 Å². The summed E-state index contributed by atoms with van der Waals surface area (Å²) in [4.78, 5) is 26.5. The number of nitrogens with zero attached hydrogens (tertiary/aromatic N) is 1. The second kappa shape index (κ2) is 5.88. The van der Waals surface area contributed by atoms with Crippen molar-refractivity contribution in [2.24, 2.45) is 0 Å². The van der Waals surface area contributed by atoms with Gasteiger partial charge in [-0.1, -0.05) is 17.7 Å². The molecule has 0 saturated carbocycles.